The number of aliphatic imine (C=N–C) groups is 1. The first-order valence-corrected chi connectivity index (χ1v) is 8.89. The van der Waals surface area contributed by atoms with Crippen molar-refractivity contribution in [2.45, 2.75) is 39.3 Å². The molecular weight excluding hydrogens is 427 g/mol. The number of likely N-dealkylation sites (tertiary alicyclic amines) is 1. The Morgan fingerprint density at radius 1 is 1.32 bits per heavy atom. The Morgan fingerprint density at radius 2 is 2.00 bits per heavy atom. The minimum absolute atomic E-state index is 0. The summed E-state index contributed by atoms with van der Waals surface area (Å²) in [5.41, 5.74) is 3.85. The lowest BCUT2D eigenvalue weighted by molar-refractivity contribution is 0.0263. The number of halogens is 1. The van der Waals surface area contributed by atoms with Crippen LogP contribution in [0.15, 0.2) is 23.2 Å². The molecule has 0 aliphatic carbocycles. The molecule has 0 amide bonds. The molecule has 25 heavy (non-hydrogen) atoms. The summed E-state index contributed by atoms with van der Waals surface area (Å²) in [4.78, 5) is 8.92. The van der Waals surface area contributed by atoms with E-state index in [1.54, 1.807) is 0 Å². The van der Waals surface area contributed by atoms with Gasteiger partial charge >= 0.3 is 0 Å². The van der Waals surface area contributed by atoms with E-state index < -0.39 is 0 Å². The van der Waals surface area contributed by atoms with E-state index in [1.807, 2.05) is 7.05 Å². The molecule has 1 aliphatic rings. The first kappa shape index (κ1) is 22.0. The maximum atomic E-state index is 5.73. The third-order valence-corrected chi connectivity index (χ3v) is 4.64. The maximum absolute atomic E-state index is 5.73. The van der Waals surface area contributed by atoms with Crippen LogP contribution in [0.4, 0.5) is 5.69 Å². The van der Waals surface area contributed by atoms with Crippen molar-refractivity contribution in [1.82, 2.24) is 10.2 Å². The normalized spacial score (nSPS) is 15.7. The van der Waals surface area contributed by atoms with Crippen LogP contribution < -0.4 is 10.2 Å². The third kappa shape index (κ3) is 6.33. The summed E-state index contributed by atoms with van der Waals surface area (Å²) in [6.45, 7) is 7.85. The quantitative estimate of drug-likeness (QED) is 0.416. The van der Waals surface area contributed by atoms with Gasteiger partial charge < -0.3 is 19.9 Å². The molecule has 0 bridgehead atoms. The van der Waals surface area contributed by atoms with Gasteiger partial charge in [-0.3, -0.25) is 4.99 Å². The van der Waals surface area contributed by atoms with Crippen LogP contribution >= 0.6 is 24.0 Å². The summed E-state index contributed by atoms with van der Waals surface area (Å²) in [7, 11) is 6.00. The van der Waals surface area contributed by atoms with E-state index in [1.165, 1.54) is 16.8 Å². The van der Waals surface area contributed by atoms with Crippen LogP contribution in [0.5, 0.6) is 0 Å². The molecule has 0 radical (unpaired) electrons. The average Bonchev–Trinajstić information content (AvgIpc) is 2.58. The van der Waals surface area contributed by atoms with Gasteiger partial charge in [0.15, 0.2) is 5.96 Å². The summed E-state index contributed by atoms with van der Waals surface area (Å²) < 4.78 is 5.73. The van der Waals surface area contributed by atoms with Crippen LogP contribution in [0.1, 0.15) is 30.9 Å². The highest BCUT2D eigenvalue weighted by Gasteiger charge is 2.21. The molecule has 0 unspecified atom stereocenters. The van der Waals surface area contributed by atoms with Crippen LogP contribution in [0, 0.1) is 6.92 Å². The van der Waals surface area contributed by atoms with Crippen LogP contribution in [0.2, 0.25) is 0 Å². The van der Waals surface area contributed by atoms with Gasteiger partial charge in [-0.05, 0) is 49.9 Å². The van der Waals surface area contributed by atoms with Gasteiger partial charge in [0.2, 0.25) is 0 Å². The van der Waals surface area contributed by atoms with Crippen molar-refractivity contribution < 1.29 is 4.74 Å². The number of nitrogens with zero attached hydrogens (tertiary/aromatic N) is 3. The Bertz CT molecular complexity index is 554. The van der Waals surface area contributed by atoms with Crippen molar-refractivity contribution in [1.29, 1.82) is 0 Å². The van der Waals surface area contributed by atoms with E-state index in [4.69, 9.17) is 4.74 Å². The summed E-state index contributed by atoms with van der Waals surface area (Å²) in [6.07, 6.45) is 2.56. The van der Waals surface area contributed by atoms with E-state index in [-0.39, 0.29) is 24.0 Å². The minimum atomic E-state index is 0. The molecule has 1 fully saturated rings. The monoisotopic (exact) mass is 460 g/mol. The highest BCUT2D eigenvalue weighted by molar-refractivity contribution is 14.0. The van der Waals surface area contributed by atoms with Crippen LogP contribution in [0.3, 0.4) is 0 Å². The molecule has 1 aromatic carbocycles. The van der Waals surface area contributed by atoms with Crippen LogP contribution in [0.25, 0.3) is 0 Å². The van der Waals surface area contributed by atoms with Crippen LogP contribution in [-0.4, -0.2) is 57.8 Å². The zero-order valence-electron chi connectivity index (χ0n) is 16.2. The first-order chi connectivity index (χ1) is 11.5. The number of guanidine groups is 1. The van der Waals surface area contributed by atoms with Gasteiger partial charge in [-0.1, -0.05) is 6.07 Å². The van der Waals surface area contributed by atoms with E-state index in [2.05, 4.69) is 66.3 Å². The molecule has 1 heterocycles. The number of anilines is 1. The van der Waals surface area contributed by atoms with Gasteiger partial charge in [-0.25, -0.2) is 0 Å². The van der Waals surface area contributed by atoms with Crippen molar-refractivity contribution in [2.75, 3.05) is 45.7 Å². The molecule has 2 rings (SSSR count). The van der Waals surface area contributed by atoms with Crippen LogP contribution in [-0.2, 0) is 11.3 Å². The Balaban J connectivity index is 0.00000312. The minimum Gasteiger partial charge on any atom is -0.378 e. The first-order valence-electron chi connectivity index (χ1n) is 8.89. The fourth-order valence-corrected chi connectivity index (χ4v) is 3.13. The lowest BCUT2D eigenvalue weighted by Gasteiger charge is -2.34. The van der Waals surface area contributed by atoms with Gasteiger partial charge in [-0.15, -0.1) is 24.0 Å². The largest absolute Gasteiger partial charge is 0.378 e. The van der Waals surface area contributed by atoms with Gasteiger partial charge in [0.05, 0.1) is 6.10 Å². The lowest BCUT2D eigenvalue weighted by Crippen LogP contribution is -2.46. The molecule has 1 aromatic rings. The fraction of sp³-hybridized carbons (Fsp3) is 0.632. The lowest BCUT2D eigenvalue weighted by atomic mass is 10.1. The Labute approximate surface area is 169 Å². The molecule has 0 atom stereocenters. The molecule has 0 aromatic heterocycles. The molecule has 142 valence electrons. The molecule has 0 saturated carbocycles. The van der Waals surface area contributed by atoms with Gasteiger partial charge in [0, 0.05) is 53.1 Å². The highest BCUT2D eigenvalue weighted by atomic mass is 127. The number of piperidine rings is 1. The average molecular weight is 460 g/mol. The second-order valence-corrected chi connectivity index (χ2v) is 6.55. The van der Waals surface area contributed by atoms with Crippen molar-refractivity contribution in [3.63, 3.8) is 0 Å². The van der Waals surface area contributed by atoms with E-state index in [9.17, 15) is 0 Å². The van der Waals surface area contributed by atoms with E-state index >= 15 is 0 Å². The highest BCUT2D eigenvalue weighted by Crippen LogP contribution is 2.18. The molecule has 1 aliphatic heterocycles. The van der Waals surface area contributed by atoms with E-state index in [0.717, 1.165) is 45.0 Å². The smallest absolute Gasteiger partial charge is 0.193 e. The number of aryl methyl sites for hydroxylation is 1. The number of nitrogens with one attached hydrogen (secondary N) is 1. The van der Waals surface area contributed by atoms with Gasteiger partial charge in [0.1, 0.15) is 0 Å². The summed E-state index contributed by atoms with van der Waals surface area (Å²) in [6, 6.07) is 6.60. The third-order valence-electron chi connectivity index (χ3n) is 4.64. The Hall–Kier alpha value is -1.02. The maximum Gasteiger partial charge on any atom is 0.193 e. The number of rotatable bonds is 5. The standard InChI is InChI=1S/C19H32N4O.HI/c1-6-24-18-9-11-23(12-10-18)19(20-3)21-14-16-7-8-17(22(4)5)13-15(16)2;/h7-8,13,18H,6,9-12,14H2,1-5H3,(H,20,21);1H. The SMILES string of the molecule is CCOC1CCN(C(=NC)NCc2ccc(N(C)C)cc2C)CC1.I. The molecule has 6 heteroatoms. The van der Waals surface area contributed by atoms with Crippen molar-refractivity contribution in [2.24, 2.45) is 4.99 Å². The molecule has 5 nitrogen and oxygen atoms in total. The zero-order chi connectivity index (χ0) is 17.5. The van der Waals surface area contributed by atoms with Crippen molar-refractivity contribution >= 4 is 35.6 Å². The fourth-order valence-electron chi connectivity index (χ4n) is 3.13. The number of hydrogen-bond donors (Lipinski definition) is 1. The number of ether oxygens (including phenoxy) is 1. The van der Waals surface area contributed by atoms with Crippen molar-refractivity contribution in [3.05, 3.63) is 29.3 Å². The zero-order valence-corrected chi connectivity index (χ0v) is 18.5. The summed E-state index contributed by atoms with van der Waals surface area (Å²) >= 11 is 0. The molecular formula is C19H33IN4O. The number of hydrogen-bond acceptors (Lipinski definition) is 3. The number of benzene rings is 1. The van der Waals surface area contributed by atoms with Gasteiger partial charge in [0.25, 0.3) is 0 Å². The molecule has 1 N–H and O–H groups in total. The second kappa shape index (κ2) is 10.9. The predicted molar refractivity (Wildman–Crippen MR) is 117 cm³/mol. The topological polar surface area (TPSA) is 40.1 Å². The molecule has 1 saturated heterocycles. The summed E-state index contributed by atoms with van der Waals surface area (Å²) in [5, 5.41) is 3.51. The summed E-state index contributed by atoms with van der Waals surface area (Å²) in [5.74, 6) is 0.987. The molecule has 0 spiro atoms. The Kier molecular flexibility index (Phi) is 9.56. The van der Waals surface area contributed by atoms with E-state index in [0.29, 0.717) is 6.10 Å². The predicted octanol–water partition coefficient (Wildman–Crippen LogP) is 3.26. The Morgan fingerprint density at radius 3 is 2.52 bits per heavy atom. The van der Waals surface area contributed by atoms with Crippen molar-refractivity contribution in [3.8, 4) is 0 Å². The van der Waals surface area contributed by atoms with Gasteiger partial charge in [-0.2, -0.15) is 0 Å². The second-order valence-electron chi connectivity index (χ2n) is 6.55.